The van der Waals surface area contributed by atoms with E-state index in [-0.39, 0.29) is 0 Å². The lowest BCUT2D eigenvalue weighted by molar-refractivity contribution is 0.643. The second-order valence-corrected chi connectivity index (χ2v) is 9.13. The van der Waals surface area contributed by atoms with Crippen LogP contribution < -0.4 is 0 Å². The van der Waals surface area contributed by atoms with Gasteiger partial charge in [0.15, 0.2) is 0 Å². The van der Waals surface area contributed by atoms with E-state index in [2.05, 4.69) is 58.5 Å². The molecule has 0 spiro atoms. The van der Waals surface area contributed by atoms with E-state index in [9.17, 15) is 0 Å². The van der Waals surface area contributed by atoms with Crippen LogP contribution in [0.15, 0.2) is 39.2 Å². The summed E-state index contributed by atoms with van der Waals surface area (Å²) in [4.78, 5) is 0. The first kappa shape index (κ1) is 21.8. The fourth-order valence-electron chi connectivity index (χ4n) is 3.91. The van der Waals surface area contributed by atoms with E-state index in [0.717, 1.165) is 36.8 Å². The molecule has 3 rings (SSSR count). The van der Waals surface area contributed by atoms with Crippen LogP contribution >= 0.6 is 8.01 Å². The van der Waals surface area contributed by atoms with Crippen LogP contribution in [-0.4, -0.2) is 0 Å². The van der Waals surface area contributed by atoms with Gasteiger partial charge in [0, 0.05) is 16.6 Å². The minimum absolute atomic E-state index is 1.01. The summed E-state index contributed by atoms with van der Waals surface area (Å²) in [6, 6.07) is 9.30. The van der Waals surface area contributed by atoms with Crippen molar-refractivity contribution in [2.75, 3.05) is 0 Å². The Morgan fingerprint density at radius 2 is 1.21 bits per heavy atom. The Hall–Kier alpha value is -1.92. The van der Waals surface area contributed by atoms with Crippen LogP contribution in [-0.2, 0) is 25.7 Å². The van der Waals surface area contributed by atoms with Crippen molar-refractivity contribution in [3.63, 3.8) is 0 Å². The van der Waals surface area contributed by atoms with E-state index in [4.69, 9.17) is 8.39 Å². The van der Waals surface area contributed by atoms with Crippen LogP contribution in [0.25, 0.3) is 27.8 Å². The normalized spacial score (nSPS) is 11.3. The van der Waals surface area contributed by atoms with E-state index < -0.39 is 8.01 Å². The molecule has 2 nitrogen and oxygen atoms in total. The second-order valence-electron chi connectivity index (χ2n) is 7.83. The molecule has 2 aromatic carbocycles. The van der Waals surface area contributed by atoms with E-state index >= 15 is 0 Å². The standard InChI is InChI=1S/C26H35O2P/c1-6-11-13-21-15-19(8-3)17-23-24-18-20(9-4)16-22(14-12-7-2)26(24)28-29(10-5)27-25(21)23/h10,15-18H,5-9,11-14H2,1-4H3. The SMILES string of the molecule is C=Cp1oc2c(CCCC)cc(CC)cc2c2cc(CC)cc(CCCC)c2o1. The lowest BCUT2D eigenvalue weighted by Gasteiger charge is -2.09. The van der Waals surface area contributed by atoms with Crippen molar-refractivity contribution in [3.8, 4) is 0 Å². The summed E-state index contributed by atoms with van der Waals surface area (Å²) in [5.41, 5.74) is 7.37. The minimum atomic E-state index is -1.20. The molecular formula is C26H35O2P. The predicted octanol–water partition coefficient (Wildman–Crippen LogP) is 9.20. The molecule has 0 aliphatic heterocycles. The van der Waals surface area contributed by atoms with Gasteiger partial charge in [-0.05, 0) is 72.9 Å². The molecular weight excluding hydrogens is 375 g/mol. The van der Waals surface area contributed by atoms with Gasteiger partial charge in [0.05, 0.1) is 0 Å². The molecule has 0 unspecified atom stereocenters. The molecule has 1 heterocycles. The highest BCUT2D eigenvalue weighted by Crippen LogP contribution is 2.40. The molecule has 0 saturated carbocycles. The zero-order valence-corrected chi connectivity index (χ0v) is 19.4. The second kappa shape index (κ2) is 10.2. The Balaban J connectivity index is 2.47. The molecule has 0 N–H and O–H groups in total. The molecule has 0 saturated heterocycles. The maximum Gasteiger partial charge on any atom is 0.244 e. The Morgan fingerprint density at radius 3 is 1.55 bits per heavy atom. The molecule has 29 heavy (non-hydrogen) atoms. The number of benzene rings is 2. The highest BCUT2D eigenvalue weighted by atomic mass is 31.1. The van der Waals surface area contributed by atoms with Crippen LogP contribution in [0.1, 0.15) is 75.6 Å². The van der Waals surface area contributed by atoms with Crippen LogP contribution in [0.4, 0.5) is 0 Å². The quantitative estimate of drug-likeness (QED) is 0.351. The lowest BCUT2D eigenvalue weighted by atomic mass is 9.95. The minimum Gasteiger partial charge on any atom is -0.416 e. The zero-order chi connectivity index (χ0) is 20.8. The molecule has 0 aliphatic rings. The summed E-state index contributed by atoms with van der Waals surface area (Å²) in [7, 11) is -1.20. The van der Waals surface area contributed by atoms with Gasteiger partial charge in [0.1, 0.15) is 11.2 Å². The first-order valence-electron chi connectivity index (χ1n) is 11.2. The fourth-order valence-corrected chi connectivity index (χ4v) is 4.89. The van der Waals surface area contributed by atoms with Crippen LogP contribution in [0.3, 0.4) is 0 Å². The molecule has 3 aromatic rings. The molecule has 0 fully saturated rings. The summed E-state index contributed by atoms with van der Waals surface area (Å²) in [6.07, 6.45) is 8.81. The van der Waals surface area contributed by atoms with Gasteiger partial charge >= 0.3 is 0 Å². The van der Waals surface area contributed by atoms with Gasteiger partial charge in [-0.3, -0.25) is 0 Å². The van der Waals surface area contributed by atoms with Gasteiger partial charge in [0.2, 0.25) is 8.01 Å². The summed E-state index contributed by atoms with van der Waals surface area (Å²) >= 11 is 0. The van der Waals surface area contributed by atoms with Crippen molar-refractivity contribution >= 4 is 35.8 Å². The highest BCUT2D eigenvalue weighted by molar-refractivity contribution is 7.47. The molecule has 0 amide bonds. The van der Waals surface area contributed by atoms with Gasteiger partial charge in [-0.25, -0.2) is 0 Å². The number of aryl methyl sites for hydroxylation is 4. The van der Waals surface area contributed by atoms with Crippen LogP contribution in [0, 0.1) is 0 Å². The topological polar surface area (TPSA) is 26.3 Å². The van der Waals surface area contributed by atoms with Gasteiger partial charge in [-0.2, -0.15) is 0 Å². The lowest BCUT2D eigenvalue weighted by Crippen LogP contribution is -1.93. The van der Waals surface area contributed by atoms with Crippen LogP contribution in [0.2, 0.25) is 0 Å². The smallest absolute Gasteiger partial charge is 0.244 e. The Bertz CT molecular complexity index is 952. The number of rotatable bonds is 9. The zero-order valence-electron chi connectivity index (χ0n) is 18.5. The van der Waals surface area contributed by atoms with Crippen molar-refractivity contribution < 1.29 is 8.39 Å². The Labute approximate surface area is 176 Å². The van der Waals surface area contributed by atoms with Gasteiger partial charge in [0.25, 0.3) is 0 Å². The van der Waals surface area contributed by atoms with E-state index in [1.54, 1.807) is 0 Å². The third kappa shape index (κ3) is 4.81. The highest BCUT2D eigenvalue weighted by Gasteiger charge is 2.14. The van der Waals surface area contributed by atoms with Gasteiger partial charge in [-0.1, -0.05) is 59.2 Å². The summed E-state index contributed by atoms with van der Waals surface area (Å²) in [5, 5.41) is 2.40. The predicted molar refractivity (Wildman–Crippen MR) is 129 cm³/mol. The largest absolute Gasteiger partial charge is 0.416 e. The third-order valence-corrected chi connectivity index (χ3v) is 6.69. The molecule has 156 valence electrons. The molecule has 0 bridgehead atoms. The summed E-state index contributed by atoms with van der Waals surface area (Å²) in [5.74, 6) is 1.84. The van der Waals surface area contributed by atoms with E-state index in [1.165, 1.54) is 58.7 Å². The van der Waals surface area contributed by atoms with Crippen molar-refractivity contribution in [2.24, 2.45) is 0 Å². The third-order valence-electron chi connectivity index (χ3n) is 5.67. The first-order valence-corrected chi connectivity index (χ1v) is 12.5. The van der Waals surface area contributed by atoms with Crippen molar-refractivity contribution in [1.29, 1.82) is 0 Å². The number of hydrogen-bond donors (Lipinski definition) is 0. The molecule has 1 aromatic heterocycles. The van der Waals surface area contributed by atoms with Gasteiger partial charge < -0.3 is 8.39 Å². The van der Waals surface area contributed by atoms with E-state index in [1.807, 2.05) is 5.82 Å². The molecule has 0 atom stereocenters. The number of fused-ring (bicyclic) bond motifs is 3. The molecule has 0 aliphatic carbocycles. The van der Waals surface area contributed by atoms with Crippen LogP contribution in [0.5, 0.6) is 0 Å². The van der Waals surface area contributed by atoms with E-state index in [0.29, 0.717) is 0 Å². The van der Waals surface area contributed by atoms with Crippen molar-refractivity contribution in [1.82, 2.24) is 0 Å². The number of unbranched alkanes of at least 4 members (excludes halogenated alkanes) is 2. The first-order chi connectivity index (χ1) is 14.1. The molecule has 0 radical (unpaired) electrons. The Morgan fingerprint density at radius 1 is 0.759 bits per heavy atom. The Kier molecular flexibility index (Phi) is 7.67. The maximum atomic E-state index is 6.47. The average molecular weight is 411 g/mol. The van der Waals surface area contributed by atoms with Gasteiger partial charge in [-0.15, -0.1) is 0 Å². The van der Waals surface area contributed by atoms with Crippen molar-refractivity contribution in [3.05, 3.63) is 53.1 Å². The summed E-state index contributed by atoms with van der Waals surface area (Å²) in [6.45, 7) is 12.9. The number of hydrogen-bond acceptors (Lipinski definition) is 2. The molecule has 3 heteroatoms. The maximum absolute atomic E-state index is 6.47. The average Bonchev–Trinajstić information content (AvgIpc) is 2.92. The van der Waals surface area contributed by atoms with Crippen molar-refractivity contribution in [2.45, 2.75) is 79.1 Å². The monoisotopic (exact) mass is 410 g/mol. The summed E-state index contributed by atoms with van der Waals surface area (Å²) < 4.78 is 12.9. The fraction of sp³-hybridized carbons (Fsp3) is 0.462.